The number of ether oxygens (including phenoxy) is 1. The molecule has 1 aromatic carbocycles. The van der Waals surface area contributed by atoms with Crippen molar-refractivity contribution >= 4 is 18.1 Å². The van der Waals surface area contributed by atoms with Crippen LogP contribution < -0.4 is 61.9 Å². The molecule has 0 amide bonds. The molecule has 0 saturated heterocycles. The van der Waals surface area contributed by atoms with E-state index in [0.717, 1.165) is 24.5 Å². The van der Waals surface area contributed by atoms with Crippen molar-refractivity contribution in [3.63, 3.8) is 0 Å². The van der Waals surface area contributed by atoms with Crippen molar-refractivity contribution in [3.8, 4) is 5.75 Å². The molecule has 0 radical (unpaired) electrons. The van der Waals surface area contributed by atoms with E-state index < -0.39 is 0 Å². The van der Waals surface area contributed by atoms with Crippen LogP contribution in [0.5, 0.6) is 5.75 Å². The first kappa shape index (κ1) is 24.7. The van der Waals surface area contributed by atoms with E-state index in [1.165, 1.54) is 32.1 Å². The number of halogens is 1. The number of nitrogen functional groups attached to an aromatic ring is 1. The molecule has 19 heavy (non-hydrogen) atoms. The second kappa shape index (κ2) is 16.8. The van der Waals surface area contributed by atoms with E-state index in [0.29, 0.717) is 0 Å². The molecule has 106 valence electrons. The minimum absolute atomic E-state index is 0. The Hall–Kier alpha value is 0.706. The summed E-state index contributed by atoms with van der Waals surface area (Å²) < 4.78 is 5.61. The third-order valence-corrected chi connectivity index (χ3v) is 2.65. The maximum absolute atomic E-state index is 5.61. The molecule has 0 fully saturated rings. The van der Waals surface area contributed by atoms with Crippen LogP contribution in [0.4, 0.5) is 5.69 Å². The fraction of sp³-hybridized carbons (Fsp3) is 0.571. The fourth-order valence-electron chi connectivity index (χ4n) is 1.64. The van der Waals surface area contributed by atoms with Gasteiger partial charge in [-0.3, -0.25) is 0 Å². The molecule has 3 nitrogen and oxygen atoms in total. The Balaban J connectivity index is -0.000000853. The van der Waals surface area contributed by atoms with Crippen molar-refractivity contribution in [1.82, 2.24) is 0 Å². The van der Waals surface area contributed by atoms with Crippen molar-refractivity contribution in [2.45, 2.75) is 45.4 Å². The van der Waals surface area contributed by atoms with Gasteiger partial charge in [-0.2, -0.15) is 0 Å². The largest absolute Gasteiger partial charge is 1.00 e. The Morgan fingerprint density at radius 3 is 2.05 bits per heavy atom. The van der Waals surface area contributed by atoms with Crippen LogP contribution in [-0.2, 0) is 0 Å². The molecule has 1 aromatic rings. The van der Waals surface area contributed by atoms with Crippen LogP contribution in [0.1, 0.15) is 45.4 Å². The van der Waals surface area contributed by atoms with E-state index in [-0.39, 0.29) is 69.3 Å². The average molecular weight is 314 g/mol. The van der Waals surface area contributed by atoms with E-state index in [2.05, 4.69) is 6.92 Å². The van der Waals surface area contributed by atoms with Gasteiger partial charge < -0.3 is 15.9 Å². The quantitative estimate of drug-likeness (QED) is 0.446. The minimum atomic E-state index is 0. The van der Waals surface area contributed by atoms with Gasteiger partial charge >= 0.3 is 51.4 Å². The Kier molecular flexibility index (Phi) is 21.8. The summed E-state index contributed by atoms with van der Waals surface area (Å²) in [6.07, 6.45) is 7.78. The summed E-state index contributed by atoms with van der Waals surface area (Å²) in [5, 5.41) is 0. The summed E-state index contributed by atoms with van der Waals surface area (Å²) in [6, 6.07) is 7.59. The molecular weight excluding hydrogens is 289 g/mol. The second-order valence-electron chi connectivity index (χ2n) is 4.19. The molecule has 0 aliphatic carbocycles. The predicted molar refractivity (Wildman–Crippen MR) is 78.9 cm³/mol. The van der Waals surface area contributed by atoms with Gasteiger partial charge in [0.2, 0.25) is 0 Å². The summed E-state index contributed by atoms with van der Waals surface area (Å²) >= 11 is 0. The molecule has 0 spiro atoms. The summed E-state index contributed by atoms with van der Waals surface area (Å²) in [5.74, 6) is 0.919. The van der Waals surface area contributed by atoms with E-state index >= 15 is 0 Å². The number of nitrogens with two attached hydrogens (primary N) is 1. The SMILES string of the molecule is CCCCCCCCOc1ccc(N)cc1.Cl.[K+].[OH-]. The summed E-state index contributed by atoms with van der Waals surface area (Å²) in [7, 11) is 0. The Bertz CT molecular complexity index is 283. The molecule has 0 atom stereocenters. The maximum atomic E-state index is 5.61. The monoisotopic (exact) mass is 313 g/mol. The molecule has 0 heterocycles. The summed E-state index contributed by atoms with van der Waals surface area (Å²) in [6.45, 7) is 3.06. The van der Waals surface area contributed by atoms with E-state index in [1.54, 1.807) is 0 Å². The molecule has 5 heteroatoms. The number of rotatable bonds is 8. The van der Waals surface area contributed by atoms with Gasteiger partial charge in [-0.25, -0.2) is 0 Å². The first-order valence-electron chi connectivity index (χ1n) is 6.31. The van der Waals surface area contributed by atoms with Crippen molar-refractivity contribution in [2.24, 2.45) is 0 Å². The van der Waals surface area contributed by atoms with Crippen LogP contribution in [0.2, 0.25) is 0 Å². The third kappa shape index (κ3) is 13.4. The van der Waals surface area contributed by atoms with Gasteiger partial charge in [-0.1, -0.05) is 39.0 Å². The van der Waals surface area contributed by atoms with E-state index in [1.807, 2.05) is 24.3 Å². The molecule has 1 rings (SSSR count). The minimum Gasteiger partial charge on any atom is -0.870 e. The van der Waals surface area contributed by atoms with Gasteiger partial charge in [0.25, 0.3) is 0 Å². The fourth-order valence-corrected chi connectivity index (χ4v) is 1.64. The van der Waals surface area contributed by atoms with Gasteiger partial charge in [0.15, 0.2) is 0 Å². The van der Waals surface area contributed by atoms with Crippen LogP contribution in [0.15, 0.2) is 24.3 Å². The van der Waals surface area contributed by atoms with Gasteiger partial charge in [-0.05, 0) is 30.7 Å². The number of benzene rings is 1. The van der Waals surface area contributed by atoms with Crippen molar-refractivity contribution in [3.05, 3.63) is 24.3 Å². The smallest absolute Gasteiger partial charge is 0.870 e. The first-order chi connectivity index (χ1) is 7.83. The Morgan fingerprint density at radius 2 is 1.47 bits per heavy atom. The molecule has 3 N–H and O–H groups in total. The Morgan fingerprint density at radius 1 is 0.947 bits per heavy atom. The molecule has 0 aliphatic heterocycles. The standard InChI is InChI=1S/C14H23NO.ClH.K.H2O/c1-2-3-4-5-6-7-12-16-14-10-8-13(15)9-11-14;;;/h8-11H,2-7,12,15H2,1H3;1H;;1H2/q;;+1;/p-1. The zero-order chi connectivity index (χ0) is 11.6. The average Bonchev–Trinajstić information content (AvgIpc) is 2.30. The van der Waals surface area contributed by atoms with Crippen LogP contribution in [0, 0.1) is 0 Å². The molecule has 0 aromatic heterocycles. The zero-order valence-corrected chi connectivity index (χ0v) is 16.0. The number of unbranched alkanes of at least 4 members (excludes halogenated alkanes) is 5. The van der Waals surface area contributed by atoms with Crippen molar-refractivity contribution in [2.75, 3.05) is 12.3 Å². The topological polar surface area (TPSA) is 65.2 Å². The summed E-state index contributed by atoms with van der Waals surface area (Å²) in [4.78, 5) is 0. The molecule has 0 saturated carbocycles. The van der Waals surface area contributed by atoms with Crippen LogP contribution in [0.3, 0.4) is 0 Å². The van der Waals surface area contributed by atoms with Crippen LogP contribution >= 0.6 is 12.4 Å². The van der Waals surface area contributed by atoms with Gasteiger partial charge in [0.05, 0.1) is 6.61 Å². The molecule has 0 bridgehead atoms. The van der Waals surface area contributed by atoms with Crippen LogP contribution in [0.25, 0.3) is 0 Å². The molecule has 0 unspecified atom stereocenters. The third-order valence-electron chi connectivity index (χ3n) is 2.65. The molecule has 0 aliphatic rings. The normalized spacial score (nSPS) is 8.68. The summed E-state index contributed by atoms with van der Waals surface area (Å²) in [5.41, 5.74) is 6.38. The van der Waals surface area contributed by atoms with Crippen molar-refractivity contribution < 1.29 is 61.6 Å². The van der Waals surface area contributed by atoms with Gasteiger partial charge in [0.1, 0.15) is 5.75 Å². The molecular formula is C14H25ClKNO2. The Labute approximate surface area is 165 Å². The second-order valence-corrected chi connectivity index (χ2v) is 4.19. The maximum Gasteiger partial charge on any atom is 1.00 e. The van der Waals surface area contributed by atoms with Gasteiger partial charge in [0, 0.05) is 5.69 Å². The predicted octanol–water partition coefficient (Wildman–Crippen LogP) is 1.26. The van der Waals surface area contributed by atoms with E-state index in [4.69, 9.17) is 10.5 Å². The van der Waals surface area contributed by atoms with Gasteiger partial charge in [-0.15, -0.1) is 12.4 Å². The number of anilines is 1. The zero-order valence-electron chi connectivity index (χ0n) is 12.1. The van der Waals surface area contributed by atoms with Crippen molar-refractivity contribution in [1.29, 1.82) is 0 Å². The first-order valence-corrected chi connectivity index (χ1v) is 6.31. The number of hydrogen-bond donors (Lipinski definition) is 1. The van der Waals surface area contributed by atoms with E-state index in [9.17, 15) is 0 Å². The van der Waals surface area contributed by atoms with Crippen LogP contribution in [-0.4, -0.2) is 12.1 Å². The number of hydrogen-bond acceptors (Lipinski definition) is 3.